The molecule has 1 aliphatic carbocycles. The second-order valence-electron chi connectivity index (χ2n) is 9.01. The number of rotatable bonds is 11. The molecule has 4 nitrogen and oxygen atoms in total. The van der Waals surface area contributed by atoms with Gasteiger partial charge >= 0.3 is 5.97 Å². The van der Waals surface area contributed by atoms with E-state index in [2.05, 4.69) is 4.74 Å². The molecular weight excluding hydrogens is 452 g/mol. The highest BCUT2D eigenvalue weighted by molar-refractivity contribution is 5.72. The van der Waals surface area contributed by atoms with Gasteiger partial charge in [-0.25, -0.2) is 8.78 Å². The molecule has 1 saturated carbocycles. The van der Waals surface area contributed by atoms with Crippen molar-refractivity contribution in [2.24, 2.45) is 5.92 Å². The van der Waals surface area contributed by atoms with E-state index in [9.17, 15) is 22.4 Å². The summed E-state index contributed by atoms with van der Waals surface area (Å²) in [6.45, 7) is 1.23. The van der Waals surface area contributed by atoms with Gasteiger partial charge in [-0.05, 0) is 18.8 Å². The maximum absolute atomic E-state index is 13.5. The molecule has 0 aliphatic heterocycles. The van der Waals surface area contributed by atoms with Crippen molar-refractivity contribution < 1.29 is 36.6 Å². The van der Waals surface area contributed by atoms with Crippen molar-refractivity contribution in [2.75, 3.05) is 26.4 Å². The van der Waals surface area contributed by atoms with Crippen LogP contribution >= 0.6 is 0 Å². The first-order valence-electron chi connectivity index (χ1n) is 12.7. The topological polar surface area (TPSA) is 44.8 Å². The number of carbonyl (C=O) groups is 1. The van der Waals surface area contributed by atoms with Crippen LogP contribution in [0.2, 0.25) is 0 Å². The zero-order valence-electron chi connectivity index (χ0n) is 20.0. The van der Waals surface area contributed by atoms with E-state index in [1.807, 2.05) is 0 Å². The zero-order chi connectivity index (χ0) is 24.6. The lowest BCUT2D eigenvalue weighted by atomic mass is 9.90. The fourth-order valence-corrected chi connectivity index (χ4v) is 4.29. The minimum Gasteiger partial charge on any atom is -0.420 e. The van der Waals surface area contributed by atoms with Crippen molar-refractivity contribution in [1.29, 1.82) is 0 Å². The lowest BCUT2D eigenvalue weighted by molar-refractivity contribution is -0.136. The second-order valence-corrected chi connectivity index (χ2v) is 9.01. The molecule has 0 saturated heterocycles. The molecule has 0 amide bonds. The van der Waals surface area contributed by atoms with Gasteiger partial charge in [0.05, 0.1) is 26.2 Å². The zero-order valence-corrected chi connectivity index (χ0v) is 20.0. The molecule has 0 bridgehead atoms. The predicted molar refractivity (Wildman–Crippen MR) is 122 cm³/mol. The van der Waals surface area contributed by atoms with Crippen molar-refractivity contribution in [3.8, 4) is 5.75 Å². The number of benzene rings is 1. The monoisotopic (exact) mass is 490 g/mol. The van der Waals surface area contributed by atoms with E-state index in [0.29, 0.717) is 13.2 Å². The molecule has 194 valence electrons. The van der Waals surface area contributed by atoms with Crippen LogP contribution in [0.4, 0.5) is 17.6 Å². The van der Waals surface area contributed by atoms with Crippen LogP contribution in [-0.2, 0) is 14.3 Å². The molecule has 1 fully saturated rings. The summed E-state index contributed by atoms with van der Waals surface area (Å²) in [6.07, 6.45) is 16.7. The van der Waals surface area contributed by atoms with E-state index in [1.54, 1.807) is 0 Å². The summed E-state index contributed by atoms with van der Waals surface area (Å²) < 4.78 is 68.6. The van der Waals surface area contributed by atoms with Crippen molar-refractivity contribution in [3.63, 3.8) is 0 Å². The summed E-state index contributed by atoms with van der Waals surface area (Å²) in [5, 5.41) is 0. The number of halogens is 4. The average molecular weight is 491 g/mol. The molecule has 1 aromatic carbocycles. The van der Waals surface area contributed by atoms with Crippen LogP contribution in [-0.4, -0.2) is 32.4 Å². The molecule has 0 heterocycles. The highest BCUT2D eigenvalue weighted by atomic mass is 19.2. The van der Waals surface area contributed by atoms with E-state index >= 15 is 0 Å². The fraction of sp³-hybridized carbons (Fsp3) is 0.731. The fourth-order valence-electron chi connectivity index (χ4n) is 4.29. The van der Waals surface area contributed by atoms with E-state index in [1.165, 1.54) is 77.0 Å². The SMILES string of the molecule is O=C(CCOCCOCCCC1CCCCCCCCCCC1)Oc1c(F)c(F)cc(F)c1F. The Hall–Kier alpha value is -1.67. The van der Waals surface area contributed by atoms with Crippen molar-refractivity contribution in [2.45, 2.75) is 89.9 Å². The Morgan fingerprint density at radius 2 is 1.24 bits per heavy atom. The molecule has 0 radical (unpaired) electrons. The van der Waals surface area contributed by atoms with E-state index in [-0.39, 0.29) is 25.7 Å². The summed E-state index contributed by atoms with van der Waals surface area (Å²) in [6, 6.07) is 0.0491. The summed E-state index contributed by atoms with van der Waals surface area (Å²) in [7, 11) is 0. The number of ether oxygens (including phenoxy) is 3. The molecule has 0 spiro atoms. The third-order valence-corrected chi connectivity index (χ3v) is 6.24. The molecule has 0 unspecified atom stereocenters. The predicted octanol–water partition coefficient (Wildman–Crippen LogP) is 7.27. The summed E-state index contributed by atoms with van der Waals surface area (Å²) in [5.74, 6) is -8.43. The summed E-state index contributed by atoms with van der Waals surface area (Å²) in [5.41, 5.74) is 0. The highest BCUT2D eigenvalue weighted by Crippen LogP contribution is 2.27. The second kappa shape index (κ2) is 16.9. The highest BCUT2D eigenvalue weighted by Gasteiger charge is 2.22. The third kappa shape index (κ3) is 11.2. The Kier molecular flexibility index (Phi) is 14.2. The molecule has 0 aromatic heterocycles. The molecule has 0 atom stereocenters. The van der Waals surface area contributed by atoms with Crippen LogP contribution in [0.1, 0.15) is 89.9 Å². The van der Waals surface area contributed by atoms with Crippen molar-refractivity contribution in [1.82, 2.24) is 0 Å². The molecule has 8 heteroatoms. The normalized spacial score (nSPS) is 16.6. The van der Waals surface area contributed by atoms with E-state index in [0.717, 1.165) is 12.3 Å². The third-order valence-electron chi connectivity index (χ3n) is 6.24. The van der Waals surface area contributed by atoms with Gasteiger partial charge in [-0.2, -0.15) is 8.78 Å². The molecule has 34 heavy (non-hydrogen) atoms. The maximum Gasteiger partial charge on any atom is 0.313 e. The van der Waals surface area contributed by atoms with Crippen LogP contribution in [0.15, 0.2) is 6.07 Å². The van der Waals surface area contributed by atoms with Crippen molar-refractivity contribution in [3.05, 3.63) is 29.3 Å². The molecule has 1 aromatic rings. The van der Waals surface area contributed by atoms with E-state index in [4.69, 9.17) is 9.47 Å². The van der Waals surface area contributed by atoms with Crippen LogP contribution in [0.25, 0.3) is 0 Å². The largest absolute Gasteiger partial charge is 0.420 e. The number of carbonyl (C=O) groups excluding carboxylic acids is 1. The Balaban J connectivity index is 1.52. The quantitative estimate of drug-likeness (QED) is 0.108. The smallest absolute Gasteiger partial charge is 0.313 e. The van der Waals surface area contributed by atoms with Gasteiger partial charge in [0.1, 0.15) is 0 Å². The van der Waals surface area contributed by atoms with Gasteiger partial charge in [0.2, 0.25) is 17.4 Å². The Bertz CT molecular complexity index is 691. The lowest BCUT2D eigenvalue weighted by Crippen LogP contribution is -2.15. The minimum atomic E-state index is -1.75. The van der Waals surface area contributed by atoms with Gasteiger partial charge in [0.15, 0.2) is 11.6 Å². The molecular formula is C26H38F4O4. The first-order chi connectivity index (χ1) is 16.5. The lowest BCUT2D eigenvalue weighted by Gasteiger charge is -2.18. The number of hydrogen-bond acceptors (Lipinski definition) is 4. The maximum atomic E-state index is 13.5. The first kappa shape index (κ1) is 28.6. The average Bonchev–Trinajstić information content (AvgIpc) is 2.80. The van der Waals surface area contributed by atoms with Gasteiger partial charge in [0, 0.05) is 12.7 Å². The summed E-state index contributed by atoms with van der Waals surface area (Å²) in [4.78, 5) is 11.7. The van der Waals surface area contributed by atoms with Crippen LogP contribution in [0.5, 0.6) is 5.75 Å². The van der Waals surface area contributed by atoms with Gasteiger partial charge < -0.3 is 14.2 Å². The Morgan fingerprint density at radius 1 is 0.735 bits per heavy atom. The van der Waals surface area contributed by atoms with Gasteiger partial charge in [-0.15, -0.1) is 0 Å². The minimum absolute atomic E-state index is 0.0491. The summed E-state index contributed by atoms with van der Waals surface area (Å²) >= 11 is 0. The molecule has 0 N–H and O–H groups in total. The van der Waals surface area contributed by atoms with Crippen molar-refractivity contribution >= 4 is 5.97 Å². The standard InChI is InChI=1S/C26H38F4O4/c27-21-19-22(28)25(30)26(24(21)29)34-23(31)14-16-33-18-17-32-15-10-13-20-11-8-6-4-2-1-3-5-7-9-12-20/h19-20H,1-18H2. The molecule has 1 aliphatic rings. The Morgan fingerprint density at radius 3 is 1.79 bits per heavy atom. The van der Waals surface area contributed by atoms with Gasteiger partial charge in [-0.1, -0.05) is 70.6 Å². The van der Waals surface area contributed by atoms with Crippen LogP contribution in [0, 0.1) is 29.2 Å². The van der Waals surface area contributed by atoms with Crippen LogP contribution < -0.4 is 4.74 Å². The molecule has 2 rings (SSSR count). The van der Waals surface area contributed by atoms with Gasteiger partial charge in [-0.3, -0.25) is 4.79 Å². The van der Waals surface area contributed by atoms with Crippen LogP contribution in [0.3, 0.4) is 0 Å². The Labute approximate surface area is 200 Å². The number of hydrogen-bond donors (Lipinski definition) is 0. The van der Waals surface area contributed by atoms with E-state index < -0.39 is 35.0 Å². The number of esters is 1. The first-order valence-corrected chi connectivity index (χ1v) is 12.7. The van der Waals surface area contributed by atoms with Gasteiger partial charge in [0.25, 0.3) is 0 Å².